The number of fused-ring (bicyclic) bond motifs is 8. The Bertz CT molecular complexity index is 2670. The number of esters is 2. The largest absolute Gasteiger partial charge is 0.457 e. The first kappa shape index (κ1) is 30.9. The Morgan fingerprint density at radius 2 is 1.71 bits per heavy atom. The van der Waals surface area contributed by atoms with Crippen LogP contribution in [0.2, 0.25) is 0 Å². The molecule has 254 valence electrons. The molecule has 9 rings (SSSR count). The maximum absolute atomic E-state index is 14.3. The Hall–Kier alpha value is -7.17. The molecule has 3 aliphatic heterocycles. The van der Waals surface area contributed by atoms with Gasteiger partial charge in [0.2, 0.25) is 5.60 Å². The lowest BCUT2D eigenvalue weighted by molar-refractivity contribution is -0.196. The monoisotopic (exact) mass is 697 g/mol. The molecule has 0 bridgehead atoms. The topological polar surface area (TPSA) is 227 Å². The van der Waals surface area contributed by atoms with E-state index in [0.717, 1.165) is 23.1 Å². The molecule has 17 heteroatoms. The van der Waals surface area contributed by atoms with Crippen LogP contribution in [0.1, 0.15) is 52.8 Å². The average molecular weight is 698 g/mol. The van der Waals surface area contributed by atoms with Crippen LogP contribution < -0.4 is 5.56 Å². The van der Waals surface area contributed by atoms with Gasteiger partial charge in [-0.15, -0.1) is 19.6 Å². The zero-order chi connectivity index (χ0) is 36.1. The number of para-hydroxylation sites is 1. The highest BCUT2D eigenvalue weighted by molar-refractivity contribution is 6.29. The van der Waals surface area contributed by atoms with E-state index in [1.165, 1.54) is 10.6 Å². The highest BCUT2D eigenvalue weighted by atomic mass is 16.7. The second-order valence-corrected chi connectivity index (χ2v) is 12.4. The summed E-state index contributed by atoms with van der Waals surface area (Å²) in [4.78, 5) is 100. The van der Waals surface area contributed by atoms with Gasteiger partial charge in [-0.1, -0.05) is 30.3 Å². The molecular formula is C35H19N7O10. The fourth-order valence-electron chi connectivity index (χ4n) is 7.62. The summed E-state index contributed by atoms with van der Waals surface area (Å²) >= 11 is 0. The number of carbonyl (C=O) groups excluding carboxylic acids is 2. The van der Waals surface area contributed by atoms with Gasteiger partial charge in [0.1, 0.15) is 35.1 Å². The summed E-state index contributed by atoms with van der Waals surface area (Å²) in [6, 6.07) is 14.4. The number of hydrogen-bond acceptors (Lipinski definition) is 16. The molecule has 0 saturated heterocycles. The molecule has 0 fully saturated rings. The lowest BCUT2D eigenvalue weighted by Crippen LogP contribution is -2.48. The quantitative estimate of drug-likeness (QED) is 0.125. The van der Waals surface area contributed by atoms with E-state index in [1.54, 1.807) is 13.0 Å². The van der Waals surface area contributed by atoms with Crippen LogP contribution in [0.3, 0.4) is 0 Å². The number of ether oxygens (including phenoxy) is 2. The molecule has 0 saturated carbocycles. The predicted octanol–water partition coefficient (Wildman–Crippen LogP) is 6.73. The van der Waals surface area contributed by atoms with Crippen molar-refractivity contribution in [1.29, 1.82) is 0 Å². The predicted molar refractivity (Wildman–Crippen MR) is 182 cm³/mol. The van der Waals surface area contributed by atoms with Gasteiger partial charge in [-0.3, -0.25) is 4.79 Å². The van der Waals surface area contributed by atoms with Crippen molar-refractivity contribution in [1.82, 2.24) is 9.55 Å². The third-order valence-electron chi connectivity index (χ3n) is 9.95. The van der Waals surface area contributed by atoms with Gasteiger partial charge in [-0.2, -0.15) is 0 Å². The van der Waals surface area contributed by atoms with Gasteiger partial charge in [0.15, 0.2) is 0 Å². The van der Waals surface area contributed by atoms with Crippen molar-refractivity contribution in [2.75, 3.05) is 0 Å². The molecule has 2 aromatic heterocycles. The Balaban J connectivity index is 1.19. The van der Waals surface area contributed by atoms with E-state index >= 15 is 0 Å². The minimum Gasteiger partial charge on any atom is -0.457 e. The summed E-state index contributed by atoms with van der Waals surface area (Å²) in [7, 11) is 0. The van der Waals surface area contributed by atoms with Crippen molar-refractivity contribution in [2.24, 2.45) is 25.9 Å². The first-order chi connectivity index (χ1) is 25.3. The molecule has 2 atom stereocenters. The van der Waals surface area contributed by atoms with Crippen molar-refractivity contribution in [3.8, 4) is 22.5 Å². The molecule has 5 aromatic rings. The van der Waals surface area contributed by atoms with Crippen LogP contribution in [0.4, 0.5) is 22.7 Å². The summed E-state index contributed by atoms with van der Waals surface area (Å²) in [5.74, 6) is -2.18. The standard InChI is InChI=1S/C35H19N7O10/c1-2-35(19-10-24-29-15(7-14-5-3-4-6-20(14)36-29)12-42(24)32(43)18(19)13-50-34(35)45)51-33(44)31-27-23(40-49)11-22(39-48)26-25-17(30(28(26)27)41-52-31)8-16(37-46)9-21(25)38-47/h3-11,31H,2,12-13H2,1H3/t31-,35+/m1/s1. The lowest BCUT2D eigenvalue weighted by Gasteiger charge is -2.36. The fourth-order valence-corrected chi connectivity index (χ4v) is 7.62. The Morgan fingerprint density at radius 1 is 0.942 bits per heavy atom. The van der Waals surface area contributed by atoms with Crippen LogP contribution in [-0.4, -0.2) is 27.2 Å². The first-order valence-corrected chi connectivity index (χ1v) is 15.8. The molecule has 17 nitrogen and oxygen atoms in total. The minimum atomic E-state index is -2.16. The lowest BCUT2D eigenvalue weighted by atomic mass is 9.85. The molecule has 0 N–H and O–H groups in total. The third-order valence-corrected chi connectivity index (χ3v) is 9.95. The maximum atomic E-state index is 14.3. The second kappa shape index (κ2) is 10.9. The number of cyclic esters (lactones) is 1. The first-order valence-electron chi connectivity index (χ1n) is 15.8. The van der Waals surface area contributed by atoms with Gasteiger partial charge in [0, 0.05) is 44.3 Å². The van der Waals surface area contributed by atoms with Crippen LogP contribution in [0.15, 0.2) is 85.3 Å². The van der Waals surface area contributed by atoms with E-state index in [-0.39, 0.29) is 81.3 Å². The number of rotatable bonds is 7. The van der Waals surface area contributed by atoms with E-state index in [0.29, 0.717) is 16.9 Å². The van der Waals surface area contributed by atoms with Gasteiger partial charge < -0.3 is 18.9 Å². The number of nitroso groups, excluding NO2 is 4. The van der Waals surface area contributed by atoms with Gasteiger partial charge in [0.05, 0.1) is 29.0 Å². The van der Waals surface area contributed by atoms with Crippen molar-refractivity contribution >= 4 is 51.3 Å². The molecular weight excluding hydrogens is 678 g/mol. The van der Waals surface area contributed by atoms with Crippen LogP contribution in [-0.2, 0) is 42.7 Å². The zero-order valence-electron chi connectivity index (χ0n) is 26.6. The smallest absolute Gasteiger partial charge is 0.356 e. The molecule has 0 spiro atoms. The molecule has 3 aromatic carbocycles. The number of carbonyl (C=O) groups is 2. The molecule has 52 heavy (non-hydrogen) atoms. The molecule has 4 aliphatic rings. The van der Waals surface area contributed by atoms with E-state index in [2.05, 4.69) is 25.9 Å². The van der Waals surface area contributed by atoms with Crippen molar-refractivity contribution in [2.45, 2.75) is 38.2 Å². The van der Waals surface area contributed by atoms with Crippen molar-refractivity contribution in [3.63, 3.8) is 0 Å². The summed E-state index contributed by atoms with van der Waals surface area (Å²) in [5, 5.41) is 16.8. The van der Waals surface area contributed by atoms with Crippen LogP contribution in [0, 0.1) is 19.6 Å². The maximum Gasteiger partial charge on any atom is 0.356 e. The Labute approximate surface area is 289 Å². The Morgan fingerprint density at radius 3 is 2.46 bits per heavy atom. The van der Waals surface area contributed by atoms with Gasteiger partial charge in [0.25, 0.3) is 11.7 Å². The fraction of sp³-hybridized carbons (Fsp3) is 0.171. The van der Waals surface area contributed by atoms with Gasteiger partial charge >= 0.3 is 11.9 Å². The minimum absolute atomic E-state index is 0.0193. The van der Waals surface area contributed by atoms with Gasteiger partial charge in [-0.05, 0) is 63.5 Å². The van der Waals surface area contributed by atoms with Crippen LogP contribution in [0.25, 0.3) is 33.4 Å². The SMILES string of the molecule is CC[C@@]1(OC(=O)[C@@H]2ON=C3c4cc(N=O)cc(N=O)c4-c4c(N=O)cc(N=O)c2c43)C(=O)OCc2c1cc1n(c2=O)Cc2cc3ccccc3nc2-1. The van der Waals surface area contributed by atoms with Crippen molar-refractivity contribution in [3.05, 3.63) is 118 Å². The summed E-state index contributed by atoms with van der Waals surface area (Å²) in [6.45, 7) is 1.42. The second-order valence-electron chi connectivity index (χ2n) is 12.4. The molecule has 5 heterocycles. The average Bonchev–Trinajstić information content (AvgIpc) is 3.71. The van der Waals surface area contributed by atoms with Gasteiger partial charge in [-0.25, -0.2) is 14.6 Å². The summed E-state index contributed by atoms with van der Waals surface area (Å²) in [6.07, 6.45) is -2.04. The van der Waals surface area contributed by atoms with E-state index in [4.69, 9.17) is 19.3 Å². The summed E-state index contributed by atoms with van der Waals surface area (Å²) in [5.41, 5.74) is -1.46. The van der Waals surface area contributed by atoms with Crippen molar-refractivity contribution < 1.29 is 23.9 Å². The van der Waals surface area contributed by atoms with Crippen LogP contribution in [0.5, 0.6) is 0 Å². The summed E-state index contributed by atoms with van der Waals surface area (Å²) < 4.78 is 13.0. The Kier molecular flexibility index (Phi) is 6.48. The molecule has 0 radical (unpaired) electrons. The number of benzene rings is 3. The number of oxime groups is 1. The van der Waals surface area contributed by atoms with E-state index < -0.39 is 34.9 Å². The third kappa shape index (κ3) is 3.94. The molecule has 0 unspecified atom stereocenters. The highest BCUT2D eigenvalue weighted by Gasteiger charge is 2.53. The highest BCUT2D eigenvalue weighted by Crippen LogP contribution is 2.55. The van der Waals surface area contributed by atoms with Crippen LogP contribution >= 0.6 is 0 Å². The van der Waals surface area contributed by atoms with E-state index in [9.17, 15) is 34.0 Å². The number of nitrogens with zero attached hydrogens (tertiary/aromatic N) is 7. The number of pyridine rings is 2. The van der Waals surface area contributed by atoms with E-state index in [1.807, 2.05) is 30.3 Å². The number of hydrogen-bond donors (Lipinski definition) is 0. The molecule has 0 amide bonds. The number of aromatic nitrogens is 2. The zero-order valence-corrected chi connectivity index (χ0v) is 26.6. The molecule has 1 aliphatic carbocycles. The normalized spacial score (nSPS) is 18.4.